The normalized spacial score (nSPS) is 12.1. The van der Waals surface area contributed by atoms with Gasteiger partial charge >= 0.3 is 0 Å². The largest absolute Gasteiger partial charge is 0.368 e. The van der Waals surface area contributed by atoms with Gasteiger partial charge in [0.05, 0.1) is 5.75 Å². The molecule has 8 heteroatoms. The molecule has 1 rings (SSSR count). The number of nitrogens with one attached hydrogen (secondary N) is 1. The number of nitrogen functional groups attached to an aromatic ring is 2. The first-order chi connectivity index (χ1) is 8.51. The quantitative estimate of drug-likeness (QED) is 0.641. The summed E-state index contributed by atoms with van der Waals surface area (Å²) in [6.07, 6.45) is 2.00. The average molecular weight is 270 g/mol. The van der Waals surface area contributed by atoms with E-state index in [4.69, 9.17) is 11.5 Å². The van der Waals surface area contributed by atoms with Crippen molar-refractivity contribution in [2.75, 3.05) is 17.2 Å². The van der Waals surface area contributed by atoms with E-state index in [0.717, 1.165) is 12.8 Å². The van der Waals surface area contributed by atoms with Crippen molar-refractivity contribution in [3.05, 3.63) is 0 Å². The fraction of sp³-hybridized carbons (Fsp3) is 0.600. The van der Waals surface area contributed by atoms with E-state index in [1.54, 1.807) is 0 Å². The standard InChI is InChI=1S/C10H18N6OS/c1-3-4-6(2)13-7(17)5-18-10-15-8(11)14-9(12)16-10/h6H,3-5H2,1-2H3,(H,13,17)(H4,11,12,14,15,16)/t6-/m0/s1. The lowest BCUT2D eigenvalue weighted by molar-refractivity contribution is -0.119. The molecule has 1 aromatic heterocycles. The zero-order valence-electron chi connectivity index (χ0n) is 10.5. The van der Waals surface area contributed by atoms with Crippen LogP contribution in [0.2, 0.25) is 0 Å². The maximum Gasteiger partial charge on any atom is 0.230 e. The lowest BCUT2D eigenvalue weighted by Gasteiger charge is -2.12. The van der Waals surface area contributed by atoms with Gasteiger partial charge in [-0.1, -0.05) is 25.1 Å². The van der Waals surface area contributed by atoms with Crippen molar-refractivity contribution >= 4 is 29.6 Å². The van der Waals surface area contributed by atoms with E-state index in [1.807, 2.05) is 6.92 Å². The van der Waals surface area contributed by atoms with Crippen molar-refractivity contribution in [2.45, 2.75) is 37.9 Å². The molecule has 0 unspecified atom stereocenters. The number of thioether (sulfide) groups is 1. The Labute approximate surface area is 110 Å². The highest BCUT2D eigenvalue weighted by Crippen LogP contribution is 2.13. The summed E-state index contributed by atoms with van der Waals surface area (Å²) in [6.45, 7) is 4.05. The Kier molecular flexibility index (Phi) is 5.63. The Morgan fingerprint density at radius 1 is 1.33 bits per heavy atom. The molecular formula is C10H18N6OS. The number of aromatic nitrogens is 3. The Morgan fingerprint density at radius 2 is 1.94 bits per heavy atom. The summed E-state index contributed by atoms with van der Waals surface area (Å²) < 4.78 is 0. The van der Waals surface area contributed by atoms with E-state index in [-0.39, 0.29) is 29.6 Å². The molecule has 5 N–H and O–H groups in total. The highest BCUT2D eigenvalue weighted by molar-refractivity contribution is 7.99. The monoisotopic (exact) mass is 270 g/mol. The molecule has 0 aromatic carbocycles. The molecule has 1 heterocycles. The van der Waals surface area contributed by atoms with Gasteiger partial charge in [0, 0.05) is 6.04 Å². The predicted molar refractivity (Wildman–Crippen MR) is 71.9 cm³/mol. The number of nitrogens with zero attached hydrogens (tertiary/aromatic N) is 3. The van der Waals surface area contributed by atoms with Gasteiger partial charge in [0.2, 0.25) is 17.8 Å². The van der Waals surface area contributed by atoms with E-state index in [0.29, 0.717) is 5.16 Å². The predicted octanol–water partition coefficient (Wildman–Crippen LogP) is 0.433. The van der Waals surface area contributed by atoms with Gasteiger partial charge in [-0.2, -0.15) is 15.0 Å². The van der Waals surface area contributed by atoms with E-state index < -0.39 is 0 Å². The molecule has 0 spiro atoms. The molecule has 100 valence electrons. The Morgan fingerprint density at radius 3 is 2.50 bits per heavy atom. The minimum Gasteiger partial charge on any atom is -0.368 e. The van der Waals surface area contributed by atoms with Crippen molar-refractivity contribution in [1.82, 2.24) is 20.3 Å². The average Bonchev–Trinajstić information content (AvgIpc) is 2.25. The minimum atomic E-state index is -0.0569. The molecule has 0 aliphatic rings. The Hall–Kier alpha value is -1.57. The molecule has 0 saturated heterocycles. The Bertz CT molecular complexity index is 393. The lowest BCUT2D eigenvalue weighted by Crippen LogP contribution is -2.33. The third kappa shape index (κ3) is 5.17. The molecular weight excluding hydrogens is 252 g/mol. The second kappa shape index (κ2) is 7.00. The third-order valence-corrected chi connectivity index (χ3v) is 2.96. The van der Waals surface area contributed by atoms with Gasteiger partial charge in [0.15, 0.2) is 5.16 Å². The van der Waals surface area contributed by atoms with Gasteiger partial charge in [-0.25, -0.2) is 0 Å². The van der Waals surface area contributed by atoms with Crippen LogP contribution in [-0.4, -0.2) is 32.7 Å². The van der Waals surface area contributed by atoms with Gasteiger partial charge in [0.25, 0.3) is 0 Å². The van der Waals surface area contributed by atoms with Crippen LogP contribution in [0.5, 0.6) is 0 Å². The van der Waals surface area contributed by atoms with Crippen LogP contribution < -0.4 is 16.8 Å². The zero-order valence-corrected chi connectivity index (χ0v) is 11.3. The summed E-state index contributed by atoms with van der Waals surface area (Å²) in [5.74, 6) is 0.296. The van der Waals surface area contributed by atoms with E-state index in [1.165, 1.54) is 11.8 Å². The second-order valence-corrected chi connectivity index (χ2v) is 4.82. The third-order valence-electron chi connectivity index (χ3n) is 2.11. The summed E-state index contributed by atoms with van der Waals surface area (Å²) in [6, 6.07) is 0.177. The summed E-state index contributed by atoms with van der Waals surface area (Å²) in [5, 5.41) is 3.25. The van der Waals surface area contributed by atoms with E-state index in [9.17, 15) is 4.79 Å². The van der Waals surface area contributed by atoms with E-state index >= 15 is 0 Å². The first kappa shape index (κ1) is 14.5. The van der Waals surface area contributed by atoms with Crippen LogP contribution in [0.25, 0.3) is 0 Å². The SMILES string of the molecule is CCC[C@H](C)NC(=O)CSc1nc(N)nc(N)n1. The van der Waals surface area contributed by atoms with Crippen molar-refractivity contribution in [3.63, 3.8) is 0 Å². The van der Waals surface area contributed by atoms with Gasteiger partial charge < -0.3 is 16.8 Å². The van der Waals surface area contributed by atoms with Crippen LogP contribution in [0.3, 0.4) is 0 Å². The number of carbonyl (C=O) groups excluding carboxylic acids is 1. The van der Waals surface area contributed by atoms with Gasteiger partial charge in [-0.15, -0.1) is 0 Å². The summed E-state index contributed by atoms with van der Waals surface area (Å²) >= 11 is 1.18. The lowest BCUT2D eigenvalue weighted by atomic mass is 10.2. The second-order valence-electron chi connectivity index (χ2n) is 3.88. The molecule has 0 aliphatic carbocycles. The Balaban J connectivity index is 2.42. The van der Waals surface area contributed by atoms with Crippen LogP contribution >= 0.6 is 11.8 Å². The van der Waals surface area contributed by atoms with Crippen LogP contribution in [-0.2, 0) is 4.79 Å². The molecule has 0 aliphatic heterocycles. The van der Waals surface area contributed by atoms with Gasteiger partial charge in [-0.3, -0.25) is 4.79 Å². The molecule has 1 amide bonds. The first-order valence-corrected chi connectivity index (χ1v) is 6.69. The van der Waals surface area contributed by atoms with Crippen molar-refractivity contribution in [2.24, 2.45) is 0 Å². The minimum absolute atomic E-state index is 0.0569. The van der Waals surface area contributed by atoms with Crippen LogP contribution in [0.1, 0.15) is 26.7 Å². The molecule has 1 atom stereocenters. The van der Waals surface area contributed by atoms with Crippen molar-refractivity contribution in [1.29, 1.82) is 0 Å². The van der Waals surface area contributed by atoms with Crippen LogP contribution in [0, 0.1) is 0 Å². The maximum absolute atomic E-state index is 11.6. The number of carbonyl (C=O) groups is 1. The smallest absolute Gasteiger partial charge is 0.230 e. The molecule has 18 heavy (non-hydrogen) atoms. The van der Waals surface area contributed by atoms with Crippen LogP contribution in [0.4, 0.5) is 11.9 Å². The summed E-state index contributed by atoms with van der Waals surface area (Å²) in [4.78, 5) is 23.0. The maximum atomic E-state index is 11.6. The number of hydrogen-bond donors (Lipinski definition) is 3. The number of hydrogen-bond acceptors (Lipinski definition) is 7. The number of rotatable bonds is 6. The zero-order chi connectivity index (χ0) is 13.5. The number of amides is 1. The molecule has 0 saturated carbocycles. The molecule has 7 nitrogen and oxygen atoms in total. The molecule has 0 bridgehead atoms. The highest BCUT2D eigenvalue weighted by Gasteiger charge is 2.09. The molecule has 1 aromatic rings. The van der Waals surface area contributed by atoms with Gasteiger partial charge in [0.1, 0.15) is 0 Å². The number of anilines is 2. The summed E-state index contributed by atoms with van der Waals surface area (Å²) in [7, 11) is 0. The molecule has 0 radical (unpaired) electrons. The van der Waals surface area contributed by atoms with Crippen molar-refractivity contribution < 1.29 is 4.79 Å². The fourth-order valence-corrected chi connectivity index (χ4v) is 2.06. The molecule has 0 fully saturated rings. The number of nitrogens with two attached hydrogens (primary N) is 2. The van der Waals surface area contributed by atoms with Crippen molar-refractivity contribution in [3.8, 4) is 0 Å². The van der Waals surface area contributed by atoms with Gasteiger partial charge in [-0.05, 0) is 13.3 Å². The van der Waals surface area contributed by atoms with Crippen LogP contribution in [0.15, 0.2) is 5.16 Å². The van der Waals surface area contributed by atoms with E-state index in [2.05, 4.69) is 27.2 Å². The summed E-state index contributed by atoms with van der Waals surface area (Å²) in [5.41, 5.74) is 10.9. The highest BCUT2D eigenvalue weighted by atomic mass is 32.2. The topological polar surface area (TPSA) is 120 Å². The fourth-order valence-electron chi connectivity index (χ4n) is 1.40. The first-order valence-electron chi connectivity index (χ1n) is 5.70.